The molecule has 5 rings (SSSR count). The van der Waals surface area contributed by atoms with E-state index in [1.807, 2.05) is 0 Å². The minimum atomic E-state index is 0.339. The molecule has 2 aromatic carbocycles. The summed E-state index contributed by atoms with van der Waals surface area (Å²) in [5.41, 5.74) is 8.29. The zero-order valence-electron chi connectivity index (χ0n) is 16.5. The minimum absolute atomic E-state index is 0.339. The molecule has 3 aromatic rings. The number of hydrogen-bond acceptors (Lipinski definition) is 2. The molecule has 0 fully saturated rings. The Kier molecular flexibility index (Phi) is 4.79. The fraction of sp³-hybridized carbons (Fsp3) is 0.360. The van der Waals surface area contributed by atoms with Gasteiger partial charge in [0.1, 0.15) is 0 Å². The molecule has 2 atom stereocenters. The lowest BCUT2D eigenvalue weighted by Crippen LogP contribution is -2.27. The van der Waals surface area contributed by atoms with Gasteiger partial charge in [-0.25, -0.2) is 0 Å². The second-order valence-corrected chi connectivity index (χ2v) is 8.08. The van der Waals surface area contributed by atoms with Gasteiger partial charge < -0.3 is 15.0 Å². The van der Waals surface area contributed by atoms with Gasteiger partial charge >= 0.3 is 0 Å². The Morgan fingerprint density at radius 1 is 1.11 bits per heavy atom. The van der Waals surface area contributed by atoms with E-state index in [0.717, 1.165) is 19.6 Å². The van der Waals surface area contributed by atoms with Crippen molar-refractivity contribution in [2.24, 2.45) is 0 Å². The summed E-state index contributed by atoms with van der Waals surface area (Å²) in [6.07, 6.45) is 6.83. The molecular formula is C25H28N2O. The van der Waals surface area contributed by atoms with Crippen LogP contribution in [0, 0.1) is 0 Å². The van der Waals surface area contributed by atoms with Crippen LogP contribution in [0.1, 0.15) is 60.7 Å². The number of aryl methyl sites for hydroxylation is 1. The van der Waals surface area contributed by atoms with Crippen molar-refractivity contribution in [3.05, 3.63) is 77.0 Å². The second kappa shape index (κ2) is 7.57. The summed E-state index contributed by atoms with van der Waals surface area (Å²) >= 11 is 0. The quantitative estimate of drug-likeness (QED) is 0.616. The van der Waals surface area contributed by atoms with Gasteiger partial charge in [0, 0.05) is 28.7 Å². The predicted octanol–water partition coefficient (Wildman–Crippen LogP) is 5.70. The number of rotatable bonds is 4. The van der Waals surface area contributed by atoms with Crippen LogP contribution >= 0.6 is 0 Å². The van der Waals surface area contributed by atoms with Crippen LogP contribution < -0.4 is 5.32 Å². The maximum Gasteiger partial charge on any atom is 0.0653 e. The lowest BCUT2D eigenvalue weighted by molar-refractivity contribution is 0.161. The van der Waals surface area contributed by atoms with Gasteiger partial charge in [-0.15, -0.1) is 0 Å². The summed E-state index contributed by atoms with van der Waals surface area (Å²) in [7, 11) is 0. The summed E-state index contributed by atoms with van der Waals surface area (Å²) in [5, 5.41) is 5.27. The molecule has 144 valence electrons. The van der Waals surface area contributed by atoms with Crippen molar-refractivity contribution in [1.29, 1.82) is 0 Å². The van der Waals surface area contributed by atoms with Crippen molar-refractivity contribution < 1.29 is 4.74 Å². The molecule has 0 spiro atoms. The Morgan fingerprint density at radius 2 is 2.00 bits per heavy atom. The average molecular weight is 373 g/mol. The fourth-order valence-electron chi connectivity index (χ4n) is 4.76. The van der Waals surface area contributed by atoms with E-state index in [-0.39, 0.29) is 0 Å². The Hall–Kier alpha value is -2.36. The van der Waals surface area contributed by atoms with Crippen molar-refractivity contribution in [2.75, 3.05) is 13.2 Å². The topological polar surface area (TPSA) is 37.0 Å². The first kappa shape index (κ1) is 17.7. The van der Waals surface area contributed by atoms with E-state index >= 15 is 0 Å². The number of hydrogen-bond donors (Lipinski definition) is 2. The molecule has 0 radical (unpaired) electrons. The highest BCUT2D eigenvalue weighted by atomic mass is 16.5. The van der Waals surface area contributed by atoms with E-state index < -0.39 is 0 Å². The monoisotopic (exact) mass is 372 g/mol. The normalized spacial score (nSPS) is 20.6. The van der Waals surface area contributed by atoms with E-state index in [2.05, 4.69) is 71.8 Å². The summed E-state index contributed by atoms with van der Waals surface area (Å²) in [5.74, 6) is 0. The fourth-order valence-corrected chi connectivity index (χ4v) is 4.76. The van der Waals surface area contributed by atoms with Crippen LogP contribution in [-0.4, -0.2) is 18.2 Å². The van der Waals surface area contributed by atoms with E-state index in [9.17, 15) is 0 Å². The van der Waals surface area contributed by atoms with Gasteiger partial charge in [-0.3, -0.25) is 0 Å². The van der Waals surface area contributed by atoms with Gasteiger partial charge in [0.15, 0.2) is 0 Å². The zero-order chi connectivity index (χ0) is 18.9. The highest BCUT2D eigenvalue weighted by Gasteiger charge is 2.26. The van der Waals surface area contributed by atoms with Crippen molar-refractivity contribution in [3.63, 3.8) is 0 Å². The SMILES string of the molecule is C[C@@H](NC1CCCc2c1[nH]c1ccc(C3=CCOCC3)cc21)c1ccccc1. The van der Waals surface area contributed by atoms with Crippen LogP contribution in [0.4, 0.5) is 0 Å². The summed E-state index contributed by atoms with van der Waals surface area (Å²) in [4.78, 5) is 3.75. The van der Waals surface area contributed by atoms with E-state index in [0.29, 0.717) is 12.1 Å². The highest BCUT2D eigenvalue weighted by molar-refractivity contribution is 5.88. The van der Waals surface area contributed by atoms with Crippen LogP contribution in [-0.2, 0) is 11.2 Å². The molecule has 2 heterocycles. The average Bonchev–Trinajstić information content (AvgIpc) is 3.14. The van der Waals surface area contributed by atoms with Crippen LogP contribution in [0.5, 0.6) is 0 Å². The van der Waals surface area contributed by atoms with Crippen LogP contribution in [0.3, 0.4) is 0 Å². The Morgan fingerprint density at radius 3 is 2.82 bits per heavy atom. The van der Waals surface area contributed by atoms with Crippen LogP contribution in [0.2, 0.25) is 0 Å². The van der Waals surface area contributed by atoms with E-state index in [1.54, 1.807) is 0 Å². The molecule has 28 heavy (non-hydrogen) atoms. The second-order valence-electron chi connectivity index (χ2n) is 8.08. The molecular weight excluding hydrogens is 344 g/mol. The third kappa shape index (κ3) is 3.30. The first-order valence-electron chi connectivity index (χ1n) is 10.5. The van der Waals surface area contributed by atoms with Gasteiger partial charge in [0.2, 0.25) is 0 Å². The number of ether oxygens (including phenoxy) is 1. The third-order valence-electron chi connectivity index (χ3n) is 6.29. The summed E-state index contributed by atoms with van der Waals surface area (Å²) in [6, 6.07) is 18.4. The number of nitrogens with one attached hydrogen (secondary N) is 2. The standard InChI is InChI=1S/C25H28N2O/c1-17(18-6-3-2-4-7-18)26-24-9-5-8-21-22-16-20(19-12-14-28-15-13-19)10-11-23(22)27-25(21)24/h2-4,6-7,10-12,16-17,24,26-27H,5,8-9,13-15H2,1H3/t17-,24?/m1/s1. The molecule has 0 amide bonds. The first-order valence-corrected chi connectivity index (χ1v) is 10.5. The molecule has 0 bridgehead atoms. The number of fused-ring (bicyclic) bond motifs is 3. The number of aromatic amines is 1. The van der Waals surface area contributed by atoms with Crippen LogP contribution in [0.15, 0.2) is 54.6 Å². The largest absolute Gasteiger partial charge is 0.377 e. The maximum atomic E-state index is 5.48. The van der Waals surface area contributed by atoms with Crippen molar-refractivity contribution in [2.45, 2.75) is 44.7 Å². The van der Waals surface area contributed by atoms with E-state index in [1.165, 1.54) is 58.1 Å². The molecule has 2 aliphatic rings. The predicted molar refractivity (Wildman–Crippen MR) is 115 cm³/mol. The molecule has 3 heteroatoms. The zero-order valence-corrected chi connectivity index (χ0v) is 16.5. The molecule has 1 aromatic heterocycles. The van der Waals surface area contributed by atoms with E-state index in [4.69, 9.17) is 4.74 Å². The molecule has 0 saturated heterocycles. The maximum absolute atomic E-state index is 5.48. The Balaban J connectivity index is 1.47. The first-order chi connectivity index (χ1) is 13.8. The van der Waals surface area contributed by atoms with Gasteiger partial charge in [-0.1, -0.05) is 42.5 Å². The molecule has 0 saturated carbocycles. The summed E-state index contributed by atoms with van der Waals surface area (Å²) < 4.78 is 5.48. The number of aromatic nitrogens is 1. The highest BCUT2D eigenvalue weighted by Crippen LogP contribution is 2.37. The number of H-pyrrole nitrogens is 1. The molecule has 1 unspecified atom stereocenters. The Bertz CT molecular complexity index is 1000. The Labute approximate surface area is 166 Å². The van der Waals surface area contributed by atoms with Crippen molar-refractivity contribution in [3.8, 4) is 0 Å². The van der Waals surface area contributed by atoms with Crippen LogP contribution in [0.25, 0.3) is 16.5 Å². The lowest BCUT2D eigenvalue weighted by Gasteiger charge is -2.27. The van der Waals surface area contributed by atoms with Gasteiger partial charge in [0.25, 0.3) is 0 Å². The summed E-state index contributed by atoms with van der Waals surface area (Å²) in [6.45, 7) is 3.84. The minimum Gasteiger partial charge on any atom is -0.377 e. The number of benzene rings is 2. The van der Waals surface area contributed by atoms with Gasteiger partial charge in [0.05, 0.1) is 13.2 Å². The smallest absolute Gasteiger partial charge is 0.0653 e. The molecule has 1 aliphatic heterocycles. The van der Waals surface area contributed by atoms with Crippen molar-refractivity contribution >= 4 is 16.5 Å². The third-order valence-corrected chi connectivity index (χ3v) is 6.29. The van der Waals surface area contributed by atoms with Gasteiger partial charge in [-0.05, 0) is 67.0 Å². The molecule has 3 nitrogen and oxygen atoms in total. The van der Waals surface area contributed by atoms with Gasteiger partial charge in [-0.2, -0.15) is 0 Å². The van der Waals surface area contributed by atoms with Crippen molar-refractivity contribution in [1.82, 2.24) is 10.3 Å². The molecule has 2 N–H and O–H groups in total. The molecule has 1 aliphatic carbocycles. The lowest BCUT2D eigenvalue weighted by atomic mass is 9.90.